The summed E-state index contributed by atoms with van der Waals surface area (Å²) in [5, 5.41) is 8.32. The Bertz CT molecular complexity index is 373. The van der Waals surface area contributed by atoms with Gasteiger partial charge in [-0.05, 0) is 18.4 Å². The molecule has 1 N–H and O–H groups in total. The van der Waals surface area contributed by atoms with E-state index in [2.05, 4.69) is 0 Å². The minimum atomic E-state index is -0.956. The molecule has 16 heavy (non-hydrogen) atoms. The molecule has 0 aliphatic heterocycles. The first-order valence-corrected chi connectivity index (χ1v) is 5.14. The zero-order valence-electron chi connectivity index (χ0n) is 8.87. The van der Waals surface area contributed by atoms with Crippen LogP contribution in [0.15, 0.2) is 48.6 Å². The first kappa shape index (κ1) is 12.2. The van der Waals surface area contributed by atoms with Crippen molar-refractivity contribution in [1.82, 2.24) is 0 Å². The molecule has 3 heteroatoms. The number of carbonyl (C=O) groups excluding carboxylic acids is 1. The number of rotatable bonds is 4. The summed E-state index contributed by atoms with van der Waals surface area (Å²) in [6.45, 7) is 0. The Morgan fingerprint density at radius 2 is 2.06 bits per heavy atom. The fourth-order valence-electron chi connectivity index (χ4n) is 1.35. The van der Waals surface area contributed by atoms with Crippen molar-refractivity contribution in [2.75, 3.05) is 0 Å². The second-order valence-corrected chi connectivity index (χ2v) is 3.50. The maximum atomic E-state index is 10.9. The Morgan fingerprint density at radius 1 is 1.31 bits per heavy atom. The van der Waals surface area contributed by atoms with Gasteiger partial charge in [0, 0.05) is 12.5 Å². The van der Waals surface area contributed by atoms with E-state index in [0.717, 1.165) is 12.5 Å². The number of allylic oxidation sites excluding steroid dienone is 7. The molecule has 0 amide bonds. The number of carbonyl (C=O) groups is 2. The number of hydrogen-bond donors (Lipinski definition) is 1. The van der Waals surface area contributed by atoms with Crippen LogP contribution in [-0.4, -0.2) is 16.9 Å². The zero-order valence-corrected chi connectivity index (χ0v) is 8.87. The van der Waals surface area contributed by atoms with Crippen molar-refractivity contribution in [1.29, 1.82) is 0 Å². The van der Waals surface area contributed by atoms with E-state index < -0.39 is 5.97 Å². The summed E-state index contributed by atoms with van der Waals surface area (Å²) in [4.78, 5) is 21.0. The van der Waals surface area contributed by atoms with E-state index >= 15 is 0 Å². The number of carboxylic acid groups (broad SMARTS) is 1. The van der Waals surface area contributed by atoms with Gasteiger partial charge in [0.2, 0.25) is 0 Å². The Kier molecular flexibility index (Phi) is 4.99. The van der Waals surface area contributed by atoms with Crippen LogP contribution < -0.4 is 0 Å². The molecule has 1 rings (SSSR count). The molecule has 0 aromatic carbocycles. The molecule has 1 unspecified atom stereocenters. The smallest absolute Gasteiger partial charge is 0.328 e. The van der Waals surface area contributed by atoms with Gasteiger partial charge in [-0.25, -0.2) is 4.79 Å². The largest absolute Gasteiger partial charge is 0.478 e. The molecule has 1 aliphatic carbocycles. The highest BCUT2D eigenvalue weighted by atomic mass is 16.4. The first-order chi connectivity index (χ1) is 7.68. The summed E-state index contributed by atoms with van der Waals surface area (Å²) in [7, 11) is 0. The summed E-state index contributed by atoms with van der Waals surface area (Å²) < 4.78 is 0. The lowest BCUT2D eigenvalue weighted by atomic mass is 9.95. The number of hydrogen-bond acceptors (Lipinski definition) is 2. The minimum Gasteiger partial charge on any atom is -0.478 e. The van der Waals surface area contributed by atoms with Crippen LogP contribution in [0, 0.1) is 5.92 Å². The van der Waals surface area contributed by atoms with Crippen molar-refractivity contribution < 1.29 is 14.7 Å². The number of carboxylic acids is 1. The van der Waals surface area contributed by atoms with Crippen LogP contribution in [-0.2, 0) is 9.59 Å². The van der Waals surface area contributed by atoms with Crippen molar-refractivity contribution in [3.63, 3.8) is 0 Å². The van der Waals surface area contributed by atoms with Crippen molar-refractivity contribution in [3.05, 3.63) is 48.6 Å². The van der Waals surface area contributed by atoms with E-state index in [4.69, 9.17) is 5.11 Å². The second kappa shape index (κ2) is 6.56. The van der Waals surface area contributed by atoms with Gasteiger partial charge in [0.25, 0.3) is 0 Å². The third-order valence-corrected chi connectivity index (χ3v) is 2.18. The predicted molar refractivity (Wildman–Crippen MR) is 61.9 cm³/mol. The molecule has 1 atom stereocenters. The van der Waals surface area contributed by atoms with E-state index in [9.17, 15) is 9.59 Å². The van der Waals surface area contributed by atoms with Crippen molar-refractivity contribution in [2.24, 2.45) is 5.92 Å². The van der Waals surface area contributed by atoms with Crippen LogP contribution in [0.3, 0.4) is 0 Å². The van der Waals surface area contributed by atoms with Gasteiger partial charge in [0.05, 0.1) is 0 Å². The zero-order chi connectivity index (χ0) is 11.8. The average molecular weight is 218 g/mol. The van der Waals surface area contributed by atoms with Gasteiger partial charge >= 0.3 is 5.97 Å². The molecule has 0 aromatic rings. The van der Waals surface area contributed by atoms with Crippen LogP contribution in [0.2, 0.25) is 0 Å². The summed E-state index contributed by atoms with van der Waals surface area (Å²) >= 11 is 0. The molecule has 84 valence electrons. The van der Waals surface area contributed by atoms with Crippen molar-refractivity contribution >= 4 is 11.8 Å². The molecule has 0 aromatic heterocycles. The molecule has 0 saturated carbocycles. The minimum absolute atomic E-state index is 0.185. The van der Waals surface area contributed by atoms with Gasteiger partial charge in [0.1, 0.15) is 0 Å². The van der Waals surface area contributed by atoms with Gasteiger partial charge in [-0.3, -0.25) is 4.79 Å². The van der Waals surface area contributed by atoms with Gasteiger partial charge in [-0.1, -0.05) is 36.5 Å². The standard InChI is InChI=1S/C13H14O3/c14-12-9-7-11(8-10-12)5-3-1-2-4-6-13(15)16/h1-7,9,11H,8,10H2,(H,15,16)/b2-1+,5-3+,6-4-. The molecule has 0 fully saturated rings. The molecule has 0 spiro atoms. The monoisotopic (exact) mass is 218 g/mol. The van der Waals surface area contributed by atoms with Crippen molar-refractivity contribution in [3.8, 4) is 0 Å². The lowest BCUT2D eigenvalue weighted by molar-refractivity contribution is -0.131. The van der Waals surface area contributed by atoms with Gasteiger partial charge in [-0.2, -0.15) is 0 Å². The van der Waals surface area contributed by atoms with Crippen molar-refractivity contribution in [2.45, 2.75) is 12.8 Å². The maximum Gasteiger partial charge on any atom is 0.328 e. The molecule has 0 radical (unpaired) electrons. The highest BCUT2D eigenvalue weighted by molar-refractivity contribution is 5.90. The summed E-state index contributed by atoms with van der Waals surface area (Å²) in [5.41, 5.74) is 0. The molecule has 0 bridgehead atoms. The first-order valence-electron chi connectivity index (χ1n) is 5.14. The number of ketones is 1. The second-order valence-electron chi connectivity index (χ2n) is 3.50. The normalized spacial score (nSPS) is 21.5. The average Bonchev–Trinajstić information content (AvgIpc) is 2.25. The fraction of sp³-hybridized carbons (Fsp3) is 0.231. The Balaban J connectivity index is 2.35. The summed E-state index contributed by atoms with van der Waals surface area (Å²) in [6, 6.07) is 0. The molecule has 0 heterocycles. The quantitative estimate of drug-likeness (QED) is 0.581. The van der Waals surface area contributed by atoms with E-state index in [1.54, 1.807) is 18.2 Å². The molecule has 0 saturated heterocycles. The Morgan fingerprint density at radius 3 is 2.69 bits per heavy atom. The topological polar surface area (TPSA) is 54.4 Å². The van der Waals surface area contributed by atoms with Crippen LogP contribution >= 0.6 is 0 Å². The van der Waals surface area contributed by atoms with Gasteiger partial charge in [0.15, 0.2) is 5.78 Å². The Labute approximate surface area is 94.5 Å². The summed E-state index contributed by atoms with van der Waals surface area (Å²) in [5.74, 6) is -0.460. The molecule has 1 aliphatic rings. The lowest BCUT2D eigenvalue weighted by Gasteiger charge is -2.09. The third kappa shape index (κ3) is 5.10. The third-order valence-electron chi connectivity index (χ3n) is 2.18. The highest BCUT2D eigenvalue weighted by Crippen LogP contribution is 2.15. The lowest BCUT2D eigenvalue weighted by Crippen LogP contribution is -2.04. The van der Waals surface area contributed by atoms with E-state index in [-0.39, 0.29) is 5.78 Å². The van der Waals surface area contributed by atoms with Gasteiger partial charge < -0.3 is 5.11 Å². The molecule has 3 nitrogen and oxygen atoms in total. The fourth-order valence-corrected chi connectivity index (χ4v) is 1.35. The van der Waals surface area contributed by atoms with Crippen LogP contribution in [0.1, 0.15) is 12.8 Å². The predicted octanol–water partition coefficient (Wildman–Crippen LogP) is 2.27. The van der Waals surface area contributed by atoms with Gasteiger partial charge in [-0.15, -0.1) is 0 Å². The van der Waals surface area contributed by atoms with Crippen LogP contribution in [0.5, 0.6) is 0 Å². The SMILES string of the molecule is O=C(O)\C=C/C=C/C=C/C1C=CC(=O)CC1. The summed E-state index contributed by atoms with van der Waals surface area (Å²) in [6.07, 6.45) is 14.8. The van der Waals surface area contributed by atoms with Crippen LogP contribution in [0.4, 0.5) is 0 Å². The van der Waals surface area contributed by atoms with E-state index in [1.165, 1.54) is 6.08 Å². The highest BCUT2D eigenvalue weighted by Gasteiger charge is 2.08. The molecular formula is C13H14O3. The number of aliphatic carboxylic acids is 1. The van der Waals surface area contributed by atoms with E-state index in [1.807, 2.05) is 18.2 Å². The maximum absolute atomic E-state index is 10.9. The van der Waals surface area contributed by atoms with E-state index in [0.29, 0.717) is 12.3 Å². The van der Waals surface area contributed by atoms with Crippen LogP contribution in [0.25, 0.3) is 0 Å². The molecular weight excluding hydrogens is 204 g/mol. The Hall–Kier alpha value is -1.90.